The van der Waals surface area contributed by atoms with Gasteiger partial charge in [0.25, 0.3) is 0 Å². The first-order valence-electron chi connectivity index (χ1n) is 14.5. The van der Waals surface area contributed by atoms with Crippen molar-refractivity contribution in [1.29, 1.82) is 0 Å². The summed E-state index contributed by atoms with van der Waals surface area (Å²) in [7, 11) is 0. The molecule has 0 atom stereocenters. The smallest absolute Gasteiger partial charge is 0.0562 e. The van der Waals surface area contributed by atoms with Crippen molar-refractivity contribution in [3.05, 3.63) is 158 Å². The monoisotopic (exact) mass is 534 g/mol. The van der Waals surface area contributed by atoms with E-state index in [4.69, 9.17) is 0 Å². The van der Waals surface area contributed by atoms with Crippen LogP contribution < -0.4 is 0 Å². The van der Waals surface area contributed by atoms with Gasteiger partial charge in [0.15, 0.2) is 0 Å². The molecule has 196 valence electrons. The Kier molecular flexibility index (Phi) is 4.93. The third-order valence-corrected chi connectivity index (χ3v) is 8.70. The average molecular weight is 535 g/mol. The van der Waals surface area contributed by atoms with Gasteiger partial charge in [0.05, 0.1) is 22.1 Å². The number of aromatic nitrogens is 2. The highest BCUT2D eigenvalue weighted by Gasteiger charge is 2.19. The van der Waals surface area contributed by atoms with Crippen LogP contribution in [0.25, 0.3) is 76.9 Å². The lowest BCUT2D eigenvalue weighted by atomic mass is 10.0. The van der Waals surface area contributed by atoms with Gasteiger partial charge in [-0.05, 0) is 70.4 Å². The Morgan fingerprint density at radius 1 is 0.310 bits per heavy atom. The van der Waals surface area contributed by atoms with Crippen molar-refractivity contribution in [1.82, 2.24) is 9.13 Å². The zero-order chi connectivity index (χ0) is 27.6. The second-order valence-corrected chi connectivity index (χ2v) is 11.0. The standard InChI is InChI=1S/C40H26N2/c1-3-11-27(12-4-1)28-19-22-31(23-20-28)41-36-18-10-9-17-33(36)34-25-35-39(26-38(34)41)42(30-14-5-2-6-15-30)37-24-21-29-13-7-8-16-32(29)40(35)37/h1-26H. The Labute approximate surface area is 243 Å². The molecule has 0 amide bonds. The van der Waals surface area contributed by atoms with Crippen LogP contribution in [0.3, 0.4) is 0 Å². The fraction of sp³-hybridized carbons (Fsp3) is 0. The molecule has 7 aromatic carbocycles. The highest BCUT2D eigenvalue weighted by molar-refractivity contribution is 6.25. The number of rotatable bonds is 3. The first kappa shape index (κ1) is 23.1. The molecule has 0 unspecified atom stereocenters. The van der Waals surface area contributed by atoms with Crippen LogP contribution in [0.4, 0.5) is 0 Å². The summed E-state index contributed by atoms with van der Waals surface area (Å²) in [4.78, 5) is 0. The van der Waals surface area contributed by atoms with E-state index in [0.29, 0.717) is 0 Å². The third kappa shape index (κ3) is 3.33. The van der Waals surface area contributed by atoms with E-state index in [1.807, 2.05) is 0 Å². The Morgan fingerprint density at radius 3 is 1.71 bits per heavy atom. The van der Waals surface area contributed by atoms with E-state index in [2.05, 4.69) is 167 Å². The molecule has 2 nitrogen and oxygen atoms in total. The SMILES string of the molecule is c1ccc(-c2ccc(-n3c4ccccc4c4cc5c6c7ccccc7ccc6n(-c6ccccc6)c5cc43)cc2)cc1. The predicted octanol–water partition coefficient (Wildman–Crippen LogP) is 10.7. The van der Waals surface area contributed by atoms with Crippen molar-refractivity contribution in [3.8, 4) is 22.5 Å². The van der Waals surface area contributed by atoms with Crippen molar-refractivity contribution in [2.75, 3.05) is 0 Å². The average Bonchev–Trinajstić information content (AvgIpc) is 3.57. The summed E-state index contributed by atoms with van der Waals surface area (Å²) in [5, 5.41) is 7.67. The van der Waals surface area contributed by atoms with E-state index >= 15 is 0 Å². The molecule has 0 radical (unpaired) electrons. The van der Waals surface area contributed by atoms with Gasteiger partial charge in [0.1, 0.15) is 0 Å². The maximum atomic E-state index is 2.43. The van der Waals surface area contributed by atoms with Gasteiger partial charge in [-0.2, -0.15) is 0 Å². The molecule has 0 fully saturated rings. The lowest BCUT2D eigenvalue weighted by Crippen LogP contribution is -1.95. The molecule has 0 saturated carbocycles. The Hall–Kier alpha value is -5.60. The predicted molar refractivity (Wildman–Crippen MR) is 178 cm³/mol. The molecular formula is C40H26N2. The van der Waals surface area contributed by atoms with Gasteiger partial charge >= 0.3 is 0 Å². The van der Waals surface area contributed by atoms with Crippen LogP contribution in [0.1, 0.15) is 0 Å². The van der Waals surface area contributed by atoms with Crippen LogP contribution in [0.2, 0.25) is 0 Å². The van der Waals surface area contributed by atoms with E-state index in [0.717, 1.165) is 5.69 Å². The Morgan fingerprint density at radius 2 is 0.905 bits per heavy atom. The second kappa shape index (κ2) is 8.95. The molecule has 0 aliphatic rings. The lowest BCUT2D eigenvalue weighted by Gasteiger charge is -2.11. The number of para-hydroxylation sites is 2. The summed E-state index contributed by atoms with van der Waals surface area (Å²) in [5.74, 6) is 0. The number of nitrogens with zero attached hydrogens (tertiary/aromatic N) is 2. The number of fused-ring (bicyclic) bond motifs is 8. The zero-order valence-corrected chi connectivity index (χ0v) is 22.9. The van der Waals surface area contributed by atoms with Gasteiger partial charge in [0.2, 0.25) is 0 Å². The maximum absolute atomic E-state index is 2.43. The van der Waals surface area contributed by atoms with E-state index in [1.54, 1.807) is 0 Å². The molecule has 0 spiro atoms. The highest BCUT2D eigenvalue weighted by atomic mass is 15.0. The number of hydrogen-bond acceptors (Lipinski definition) is 0. The highest BCUT2D eigenvalue weighted by Crippen LogP contribution is 2.41. The first-order valence-corrected chi connectivity index (χ1v) is 14.5. The van der Waals surface area contributed by atoms with Crippen LogP contribution >= 0.6 is 0 Å². The van der Waals surface area contributed by atoms with Crippen LogP contribution in [-0.2, 0) is 0 Å². The van der Waals surface area contributed by atoms with Crippen molar-refractivity contribution in [2.45, 2.75) is 0 Å². The van der Waals surface area contributed by atoms with E-state index in [9.17, 15) is 0 Å². The summed E-state index contributed by atoms with van der Waals surface area (Å²) in [6.45, 7) is 0. The minimum atomic E-state index is 1.16. The van der Waals surface area contributed by atoms with Crippen LogP contribution in [0.5, 0.6) is 0 Å². The van der Waals surface area contributed by atoms with Crippen molar-refractivity contribution >= 4 is 54.4 Å². The zero-order valence-electron chi connectivity index (χ0n) is 22.9. The maximum Gasteiger partial charge on any atom is 0.0562 e. The minimum absolute atomic E-state index is 1.16. The van der Waals surface area contributed by atoms with Gasteiger partial charge in [-0.15, -0.1) is 0 Å². The fourth-order valence-electron chi connectivity index (χ4n) is 6.82. The molecule has 2 heteroatoms. The molecule has 9 rings (SSSR count). The number of benzene rings is 7. The lowest BCUT2D eigenvalue weighted by molar-refractivity contribution is 1.16. The summed E-state index contributed by atoms with van der Waals surface area (Å²) >= 11 is 0. The van der Waals surface area contributed by atoms with Crippen LogP contribution in [0.15, 0.2) is 158 Å². The van der Waals surface area contributed by atoms with Gasteiger partial charge in [0, 0.05) is 32.9 Å². The van der Waals surface area contributed by atoms with Crippen molar-refractivity contribution in [3.63, 3.8) is 0 Å². The van der Waals surface area contributed by atoms with Crippen LogP contribution in [-0.4, -0.2) is 9.13 Å². The van der Waals surface area contributed by atoms with Gasteiger partial charge in [-0.3, -0.25) is 0 Å². The molecule has 0 aliphatic carbocycles. The van der Waals surface area contributed by atoms with E-state index in [-0.39, 0.29) is 0 Å². The minimum Gasteiger partial charge on any atom is -0.309 e. The Bertz CT molecular complexity index is 2430. The second-order valence-electron chi connectivity index (χ2n) is 11.0. The molecule has 2 heterocycles. The van der Waals surface area contributed by atoms with Crippen LogP contribution in [0, 0.1) is 0 Å². The van der Waals surface area contributed by atoms with Gasteiger partial charge in [-0.25, -0.2) is 0 Å². The largest absolute Gasteiger partial charge is 0.309 e. The molecule has 0 bridgehead atoms. The topological polar surface area (TPSA) is 9.86 Å². The van der Waals surface area contributed by atoms with Gasteiger partial charge in [-0.1, -0.05) is 109 Å². The molecular weight excluding hydrogens is 508 g/mol. The quantitative estimate of drug-likeness (QED) is 0.213. The first-order chi connectivity index (χ1) is 20.8. The fourth-order valence-corrected chi connectivity index (χ4v) is 6.82. The van der Waals surface area contributed by atoms with Crippen molar-refractivity contribution < 1.29 is 0 Å². The number of hydrogen-bond donors (Lipinski definition) is 0. The van der Waals surface area contributed by atoms with E-state index < -0.39 is 0 Å². The molecule has 0 aliphatic heterocycles. The summed E-state index contributed by atoms with van der Waals surface area (Å²) < 4.78 is 4.85. The molecule has 0 saturated heterocycles. The van der Waals surface area contributed by atoms with Gasteiger partial charge < -0.3 is 9.13 Å². The summed E-state index contributed by atoms with van der Waals surface area (Å²) in [6, 6.07) is 57.2. The summed E-state index contributed by atoms with van der Waals surface area (Å²) in [6.07, 6.45) is 0. The Balaban J connectivity index is 1.40. The normalized spacial score (nSPS) is 11.8. The van der Waals surface area contributed by atoms with E-state index in [1.165, 1.54) is 71.2 Å². The third-order valence-electron chi connectivity index (χ3n) is 8.70. The molecule has 2 aromatic heterocycles. The summed E-state index contributed by atoms with van der Waals surface area (Å²) in [5.41, 5.74) is 9.64. The molecule has 9 aromatic rings. The van der Waals surface area contributed by atoms with Crippen molar-refractivity contribution in [2.24, 2.45) is 0 Å². The molecule has 0 N–H and O–H groups in total. The molecule has 42 heavy (non-hydrogen) atoms.